The number of carbonyl (C=O) groups excluding carboxylic acids is 4. The summed E-state index contributed by atoms with van der Waals surface area (Å²) < 4.78 is 14.4. The van der Waals surface area contributed by atoms with E-state index in [4.69, 9.17) is 19.3 Å². The van der Waals surface area contributed by atoms with Crippen LogP contribution in [-0.2, 0) is 33.4 Å². The lowest BCUT2D eigenvalue weighted by Crippen LogP contribution is -2.60. The Morgan fingerprint density at radius 1 is 1.00 bits per heavy atom. The van der Waals surface area contributed by atoms with Gasteiger partial charge in [-0.3, -0.25) is 4.79 Å². The smallest absolute Gasteiger partial charge is 0.347 e. The SMILES string of the molecule is CCOC(=O)C(C=C(C)C(=O)OCCO)(NC(C)=O)C(=O)OCC. The molecule has 1 amide bonds. The van der Waals surface area contributed by atoms with Gasteiger partial charge >= 0.3 is 17.9 Å². The van der Waals surface area contributed by atoms with E-state index in [-0.39, 0.29) is 32.0 Å². The molecule has 0 atom stereocenters. The molecule has 0 unspecified atom stereocenters. The molecule has 0 aliphatic carbocycles. The molecular formula is C15H23NO8. The van der Waals surface area contributed by atoms with E-state index >= 15 is 0 Å². The van der Waals surface area contributed by atoms with Gasteiger partial charge in [0.15, 0.2) is 0 Å². The van der Waals surface area contributed by atoms with Crippen LogP contribution in [0.1, 0.15) is 27.7 Å². The molecule has 9 heteroatoms. The van der Waals surface area contributed by atoms with Crippen LogP contribution in [-0.4, -0.2) is 60.9 Å². The summed E-state index contributed by atoms with van der Waals surface area (Å²) in [7, 11) is 0. The van der Waals surface area contributed by atoms with Crippen molar-refractivity contribution in [2.24, 2.45) is 0 Å². The number of esters is 3. The first-order valence-electron chi connectivity index (χ1n) is 7.35. The normalized spacial score (nSPS) is 11.5. The van der Waals surface area contributed by atoms with E-state index in [1.807, 2.05) is 0 Å². The molecule has 0 aromatic carbocycles. The molecule has 0 aliphatic rings. The summed E-state index contributed by atoms with van der Waals surface area (Å²) in [6.07, 6.45) is 0.921. The van der Waals surface area contributed by atoms with Crippen LogP contribution in [0, 0.1) is 0 Å². The first kappa shape index (κ1) is 21.6. The molecule has 0 aromatic rings. The fourth-order valence-electron chi connectivity index (χ4n) is 1.74. The Morgan fingerprint density at radius 2 is 1.50 bits per heavy atom. The molecule has 0 aromatic heterocycles. The highest BCUT2D eigenvalue weighted by molar-refractivity contribution is 6.11. The second kappa shape index (κ2) is 10.4. The van der Waals surface area contributed by atoms with Crippen LogP contribution in [0.5, 0.6) is 0 Å². The van der Waals surface area contributed by atoms with Gasteiger partial charge < -0.3 is 24.6 Å². The summed E-state index contributed by atoms with van der Waals surface area (Å²) in [4.78, 5) is 47.9. The third kappa shape index (κ3) is 5.99. The molecule has 0 rings (SSSR count). The van der Waals surface area contributed by atoms with Gasteiger partial charge in [0.25, 0.3) is 5.54 Å². The lowest BCUT2D eigenvalue weighted by atomic mass is 9.96. The zero-order valence-corrected chi connectivity index (χ0v) is 14.2. The van der Waals surface area contributed by atoms with Crippen LogP contribution in [0.15, 0.2) is 11.6 Å². The summed E-state index contributed by atoms with van der Waals surface area (Å²) in [6.45, 7) is 4.68. The lowest BCUT2D eigenvalue weighted by Gasteiger charge is -2.27. The number of amides is 1. The predicted molar refractivity (Wildman–Crippen MR) is 81.6 cm³/mol. The van der Waals surface area contributed by atoms with Gasteiger partial charge in [-0.2, -0.15) is 0 Å². The number of aliphatic hydroxyl groups is 1. The summed E-state index contributed by atoms with van der Waals surface area (Å²) in [6, 6.07) is 0. The number of carbonyl (C=O) groups is 4. The van der Waals surface area contributed by atoms with Crippen molar-refractivity contribution in [2.45, 2.75) is 33.2 Å². The number of rotatable bonds is 9. The molecule has 0 fully saturated rings. The number of nitrogens with one attached hydrogen (secondary N) is 1. The number of aliphatic hydroxyl groups excluding tert-OH is 1. The highest BCUT2D eigenvalue weighted by Crippen LogP contribution is 2.17. The van der Waals surface area contributed by atoms with E-state index in [2.05, 4.69) is 5.32 Å². The van der Waals surface area contributed by atoms with E-state index in [0.717, 1.165) is 13.0 Å². The third-order valence-corrected chi connectivity index (χ3v) is 2.65. The van der Waals surface area contributed by atoms with Gasteiger partial charge in [-0.05, 0) is 26.8 Å². The van der Waals surface area contributed by atoms with Crippen molar-refractivity contribution in [3.63, 3.8) is 0 Å². The van der Waals surface area contributed by atoms with Gasteiger partial charge in [-0.25, -0.2) is 14.4 Å². The predicted octanol–water partition coefficient (Wildman–Crippen LogP) is -0.531. The molecule has 136 valence electrons. The van der Waals surface area contributed by atoms with Gasteiger partial charge in [0.05, 0.1) is 19.8 Å². The summed E-state index contributed by atoms with van der Waals surface area (Å²) in [5.74, 6) is -3.75. The van der Waals surface area contributed by atoms with E-state index < -0.39 is 29.4 Å². The van der Waals surface area contributed by atoms with Gasteiger partial charge in [-0.15, -0.1) is 0 Å². The zero-order valence-electron chi connectivity index (χ0n) is 14.2. The number of ether oxygens (including phenoxy) is 3. The van der Waals surface area contributed by atoms with Crippen LogP contribution >= 0.6 is 0 Å². The minimum absolute atomic E-state index is 0.0541. The van der Waals surface area contributed by atoms with E-state index in [9.17, 15) is 19.2 Å². The second-order valence-corrected chi connectivity index (χ2v) is 4.62. The monoisotopic (exact) mass is 345 g/mol. The topological polar surface area (TPSA) is 128 Å². The first-order chi connectivity index (χ1) is 11.2. The van der Waals surface area contributed by atoms with Crippen LogP contribution < -0.4 is 5.32 Å². The summed E-state index contributed by atoms with van der Waals surface area (Å²) >= 11 is 0. The van der Waals surface area contributed by atoms with Crippen molar-refractivity contribution < 1.29 is 38.5 Å². The molecular weight excluding hydrogens is 322 g/mol. The van der Waals surface area contributed by atoms with Gasteiger partial charge in [0.1, 0.15) is 6.61 Å². The highest BCUT2D eigenvalue weighted by Gasteiger charge is 2.49. The van der Waals surface area contributed by atoms with Crippen molar-refractivity contribution in [2.75, 3.05) is 26.4 Å². The first-order valence-corrected chi connectivity index (χ1v) is 7.35. The Labute approximate surface area is 139 Å². The molecule has 9 nitrogen and oxygen atoms in total. The molecule has 0 radical (unpaired) electrons. The maximum Gasteiger partial charge on any atom is 0.347 e. The molecule has 0 spiro atoms. The number of hydrogen-bond donors (Lipinski definition) is 2. The van der Waals surface area contributed by atoms with Crippen molar-refractivity contribution in [3.05, 3.63) is 11.6 Å². The number of hydrogen-bond acceptors (Lipinski definition) is 8. The van der Waals surface area contributed by atoms with Crippen molar-refractivity contribution in [1.82, 2.24) is 5.32 Å². The second-order valence-electron chi connectivity index (χ2n) is 4.62. The van der Waals surface area contributed by atoms with Crippen molar-refractivity contribution in [1.29, 1.82) is 0 Å². The third-order valence-electron chi connectivity index (χ3n) is 2.65. The Kier molecular flexibility index (Phi) is 9.33. The Morgan fingerprint density at radius 3 is 1.88 bits per heavy atom. The van der Waals surface area contributed by atoms with Crippen molar-refractivity contribution >= 4 is 23.8 Å². The van der Waals surface area contributed by atoms with Crippen molar-refractivity contribution in [3.8, 4) is 0 Å². The molecule has 0 bridgehead atoms. The van der Waals surface area contributed by atoms with Crippen LogP contribution in [0.3, 0.4) is 0 Å². The van der Waals surface area contributed by atoms with Crippen LogP contribution in [0.4, 0.5) is 0 Å². The fourth-order valence-corrected chi connectivity index (χ4v) is 1.74. The van der Waals surface area contributed by atoms with Gasteiger partial charge in [0.2, 0.25) is 5.91 Å². The van der Waals surface area contributed by atoms with Gasteiger partial charge in [0, 0.05) is 12.5 Å². The maximum absolute atomic E-state index is 12.3. The molecule has 0 saturated carbocycles. The van der Waals surface area contributed by atoms with E-state index in [1.54, 1.807) is 0 Å². The average molecular weight is 345 g/mol. The van der Waals surface area contributed by atoms with Crippen LogP contribution in [0.2, 0.25) is 0 Å². The maximum atomic E-state index is 12.3. The highest BCUT2D eigenvalue weighted by atomic mass is 16.6. The fraction of sp³-hybridized carbons (Fsp3) is 0.600. The minimum atomic E-state index is -2.31. The quantitative estimate of drug-likeness (QED) is 0.247. The van der Waals surface area contributed by atoms with Gasteiger partial charge in [-0.1, -0.05) is 0 Å². The largest absolute Gasteiger partial charge is 0.464 e. The average Bonchev–Trinajstić information content (AvgIpc) is 2.51. The standard InChI is InChI=1S/C15H23NO8/c1-5-22-13(20)15(16-11(4)18,14(21)23-6-2)9-10(3)12(19)24-8-7-17/h9,17H,5-8H2,1-4H3,(H,16,18). The van der Waals surface area contributed by atoms with E-state index in [0.29, 0.717) is 0 Å². The Balaban J connectivity index is 5.95. The Bertz CT molecular complexity index is 494. The minimum Gasteiger partial charge on any atom is -0.464 e. The van der Waals surface area contributed by atoms with Crippen LogP contribution in [0.25, 0.3) is 0 Å². The zero-order chi connectivity index (χ0) is 18.8. The molecule has 0 aliphatic heterocycles. The molecule has 0 saturated heterocycles. The molecule has 2 N–H and O–H groups in total. The lowest BCUT2D eigenvalue weighted by molar-refractivity contribution is -0.164. The molecule has 24 heavy (non-hydrogen) atoms. The Hall–Kier alpha value is -2.42. The summed E-state index contributed by atoms with van der Waals surface area (Å²) in [5.41, 5.74) is -2.45. The molecule has 0 heterocycles. The summed E-state index contributed by atoms with van der Waals surface area (Å²) in [5, 5.41) is 10.8. The van der Waals surface area contributed by atoms with E-state index in [1.165, 1.54) is 20.8 Å².